The lowest BCUT2D eigenvalue weighted by molar-refractivity contribution is -0.137. The first-order valence-electron chi connectivity index (χ1n) is 11.3. The van der Waals surface area contributed by atoms with Crippen molar-refractivity contribution in [1.29, 1.82) is 0 Å². The van der Waals surface area contributed by atoms with Gasteiger partial charge in [-0.15, -0.1) is 0 Å². The Bertz CT molecular complexity index is 1520. The van der Waals surface area contributed by atoms with Crippen molar-refractivity contribution in [2.75, 3.05) is 18.4 Å². The molecule has 0 saturated carbocycles. The number of carbonyl (C=O) groups is 2. The first kappa shape index (κ1) is 29.2. The van der Waals surface area contributed by atoms with Crippen molar-refractivity contribution in [2.24, 2.45) is 0 Å². The Labute approximate surface area is 235 Å². The molecule has 0 bridgehead atoms. The zero-order valence-electron chi connectivity index (χ0n) is 19.7. The fourth-order valence-corrected chi connectivity index (χ4v) is 6.04. The Morgan fingerprint density at radius 3 is 2.26 bits per heavy atom. The molecule has 0 spiro atoms. The maximum Gasteiger partial charge on any atom is 0.416 e. The molecule has 0 radical (unpaired) electrons. The smallest absolute Gasteiger partial charge is 0.348 e. The zero-order valence-corrected chi connectivity index (χ0v) is 22.7. The van der Waals surface area contributed by atoms with Crippen LogP contribution in [0.1, 0.15) is 39.3 Å². The second kappa shape index (κ2) is 11.3. The standard InChI is InChI=1S/C23H19Cl3F3N5O4S/c24-14-5-4-12(23(27,28)29)10-18(14)39(37,38)34-11-17(32-21(35)19-15(25)2-1-3-16(19)26)20(33-34)22(36)31-13-6-8-30-9-7-13/h1-5,10-11,13,30H,6-9H2,(H,31,36)(H,32,35). The number of alkyl halides is 3. The normalized spacial score (nSPS) is 14.7. The van der Waals surface area contributed by atoms with Crippen LogP contribution in [0.3, 0.4) is 0 Å². The molecule has 2 heterocycles. The summed E-state index contributed by atoms with van der Waals surface area (Å²) in [6, 6.07) is 5.81. The zero-order chi connectivity index (χ0) is 28.5. The van der Waals surface area contributed by atoms with E-state index < -0.39 is 49.2 Å². The van der Waals surface area contributed by atoms with Gasteiger partial charge in [0.2, 0.25) is 0 Å². The number of hydrogen-bond acceptors (Lipinski definition) is 6. The Balaban J connectivity index is 1.77. The number of aromatic nitrogens is 2. The minimum atomic E-state index is -4.86. The molecule has 2 aromatic carbocycles. The molecule has 0 atom stereocenters. The van der Waals surface area contributed by atoms with Gasteiger partial charge in [-0.2, -0.15) is 30.8 Å². The Hall–Kier alpha value is -2.84. The summed E-state index contributed by atoms with van der Waals surface area (Å²) in [7, 11) is -4.86. The molecule has 9 nitrogen and oxygen atoms in total. The van der Waals surface area contributed by atoms with Crippen molar-refractivity contribution in [3.8, 4) is 0 Å². The van der Waals surface area contributed by atoms with Gasteiger partial charge in [-0.25, -0.2) is 0 Å². The van der Waals surface area contributed by atoms with Gasteiger partial charge in [-0.05, 0) is 56.3 Å². The first-order chi connectivity index (χ1) is 18.3. The summed E-state index contributed by atoms with van der Waals surface area (Å²) in [5, 5.41) is 11.5. The second-order valence-corrected chi connectivity index (χ2v) is 11.4. The summed E-state index contributed by atoms with van der Waals surface area (Å²) >= 11 is 18.1. The SMILES string of the molecule is O=C(NC1CCNCC1)c1nn(S(=O)(=O)c2cc(C(F)(F)F)ccc2Cl)cc1NC(=O)c1c(Cl)cccc1Cl. The van der Waals surface area contributed by atoms with Gasteiger partial charge in [0.1, 0.15) is 4.90 Å². The van der Waals surface area contributed by atoms with Gasteiger partial charge < -0.3 is 16.0 Å². The van der Waals surface area contributed by atoms with Crippen LogP contribution in [0.4, 0.5) is 18.9 Å². The molecule has 2 amide bonds. The summed E-state index contributed by atoms with van der Waals surface area (Å²) in [5.41, 5.74) is -2.27. The van der Waals surface area contributed by atoms with Gasteiger partial charge in [-0.3, -0.25) is 9.59 Å². The highest BCUT2D eigenvalue weighted by atomic mass is 35.5. The van der Waals surface area contributed by atoms with E-state index in [4.69, 9.17) is 34.8 Å². The number of carbonyl (C=O) groups excluding carboxylic acids is 2. The predicted molar refractivity (Wildman–Crippen MR) is 139 cm³/mol. The fraction of sp³-hybridized carbons (Fsp3) is 0.261. The quantitative estimate of drug-likeness (QED) is 0.361. The van der Waals surface area contributed by atoms with Crippen LogP contribution >= 0.6 is 34.8 Å². The topological polar surface area (TPSA) is 122 Å². The van der Waals surface area contributed by atoms with Crippen LogP contribution in [0.2, 0.25) is 15.1 Å². The minimum absolute atomic E-state index is 0.0172. The Kier molecular flexibility index (Phi) is 8.47. The number of benzene rings is 2. The first-order valence-corrected chi connectivity index (χ1v) is 13.9. The Morgan fingerprint density at radius 2 is 1.64 bits per heavy atom. The highest BCUT2D eigenvalue weighted by Crippen LogP contribution is 2.34. The highest BCUT2D eigenvalue weighted by molar-refractivity contribution is 7.90. The highest BCUT2D eigenvalue weighted by Gasteiger charge is 2.34. The molecule has 1 aliphatic rings. The molecule has 1 aromatic heterocycles. The van der Waals surface area contributed by atoms with E-state index in [1.807, 2.05) is 0 Å². The van der Waals surface area contributed by atoms with Crippen LogP contribution in [0, 0.1) is 0 Å². The van der Waals surface area contributed by atoms with Gasteiger partial charge >= 0.3 is 6.18 Å². The molecule has 4 rings (SSSR count). The molecule has 3 aromatic rings. The second-order valence-electron chi connectivity index (χ2n) is 8.46. The van der Waals surface area contributed by atoms with Crippen LogP contribution in [0.15, 0.2) is 47.5 Å². The van der Waals surface area contributed by atoms with Crippen molar-refractivity contribution in [1.82, 2.24) is 19.8 Å². The van der Waals surface area contributed by atoms with Crippen molar-refractivity contribution in [3.63, 3.8) is 0 Å². The van der Waals surface area contributed by atoms with Crippen LogP contribution < -0.4 is 16.0 Å². The Morgan fingerprint density at radius 1 is 1.00 bits per heavy atom. The van der Waals surface area contributed by atoms with E-state index in [1.54, 1.807) is 0 Å². The van der Waals surface area contributed by atoms with E-state index in [0.717, 1.165) is 12.3 Å². The number of halogens is 6. The van der Waals surface area contributed by atoms with E-state index >= 15 is 0 Å². The summed E-state index contributed by atoms with van der Waals surface area (Å²) in [6.45, 7) is 1.27. The third-order valence-electron chi connectivity index (χ3n) is 5.80. The average Bonchev–Trinajstić information content (AvgIpc) is 3.29. The minimum Gasteiger partial charge on any atom is -0.348 e. The van der Waals surface area contributed by atoms with Crippen LogP contribution in [0.5, 0.6) is 0 Å². The summed E-state index contributed by atoms with van der Waals surface area (Å²) < 4.78 is 66.7. The van der Waals surface area contributed by atoms with Crippen LogP contribution in [0.25, 0.3) is 0 Å². The average molecular weight is 625 g/mol. The lowest BCUT2D eigenvalue weighted by atomic mass is 10.1. The van der Waals surface area contributed by atoms with Gasteiger partial charge in [0.25, 0.3) is 21.8 Å². The number of amides is 2. The molecular formula is C23H19Cl3F3N5O4S. The van der Waals surface area contributed by atoms with Crippen molar-refractivity contribution < 1.29 is 31.2 Å². The van der Waals surface area contributed by atoms with E-state index in [-0.39, 0.29) is 31.4 Å². The van der Waals surface area contributed by atoms with E-state index in [9.17, 15) is 31.2 Å². The largest absolute Gasteiger partial charge is 0.416 e. The summed E-state index contributed by atoms with van der Waals surface area (Å²) in [5.74, 6) is -1.69. The molecule has 39 heavy (non-hydrogen) atoms. The monoisotopic (exact) mass is 623 g/mol. The number of anilines is 1. The van der Waals surface area contributed by atoms with E-state index in [1.165, 1.54) is 18.2 Å². The van der Waals surface area contributed by atoms with Crippen molar-refractivity contribution in [3.05, 3.63) is 74.5 Å². The fourth-order valence-electron chi connectivity index (χ4n) is 3.83. The third-order valence-corrected chi connectivity index (χ3v) is 8.45. The molecule has 1 fully saturated rings. The summed E-state index contributed by atoms with van der Waals surface area (Å²) in [6.07, 6.45) is -2.90. The van der Waals surface area contributed by atoms with E-state index in [2.05, 4.69) is 21.0 Å². The van der Waals surface area contributed by atoms with Gasteiger partial charge in [0, 0.05) is 6.04 Å². The number of nitrogens with zero attached hydrogens (tertiary/aromatic N) is 2. The van der Waals surface area contributed by atoms with Crippen molar-refractivity contribution in [2.45, 2.75) is 30.0 Å². The lowest BCUT2D eigenvalue weighted by Gasteiger charge is -2.23. The maximum absolute atomic E-state index is 13.3. The molecule has 0 aliphatic carbocycles. The van der Waals surface area contributed by atoms with Crippen LogP contribution in [-0.2, 0) is 16.2 Å². The predicted octanol–water partition coefficient (Wildman–Crippen LogP) is 4.83. The number of rotatable bonds is 6. The molecule has 1 saturated heterocycles. The van der Waals surface area contributed by atoms with Crippen LogP contribution in [-0.4, -0.2) is 48.5 Å². The van der Waals surface area contributed by atoms with E-state index in [0.29, 0.717) is 38.1 Å². The maximum atomic E-state index is 13.3. The van der Waals surface area contributed by atoms with Gasteiger partial charge in [0.05, 0.1) is 38.1 Å². The van der Waals surface area contributed by atoms with Gasteiger partial charge in [0.15, 0.2) is 5.69 Å². The lowest BCUT2D eigenvalue weighted by Crippen LogP contribution is -2.43. The molecule has 3 N–H and O–H groups in total. The number of piperidine rings is 1. The van der Waals surface area contributed by atoms with Gasteiger partial charge in [-0.1, -0.05) is 40.9 Å². The van der Waals surface area contributed by atoms with Crippen molar-refractivity contribution >= 4 is 62.3 Å². The number of nitrogens with one attached hydrogen (secondary N) is 3. The number of hydrogen-bond donors (Lipinski definition) is 3. The molecule has 208 valence electrons. The summed E-state index contributed by atoms with van der Waals surface area (Å²) in [4.78, 5) is 25.2. The molecule has 0 unspecified atom stereocenters. The molecule has 16 heteroatoms. The molecular weight excluding hydrogens is 606 g/mol. The third kappa shape index (κ3) is 6.33. The molecule has 1 aliphatic heterocycles.